The van der Waals surface area contributed by atoms with Gasteiger partial charge in [0, 0.05) is 16.6 Å². The first-order valence-corrected chi connectivity index (χ1v) is 6.22. The summed E-state index contributed by atoms with van der Waals surface area (Å²) in [6.07, 6.45) is 1.73. The Labute approximate surface area is 113 Å². The number of nitrogens with zero attached hydrogens (tertiary/aromatic N) is 2. The molecule has 0 aliphatic rings. The molecular weight excluding hydrogens is 297 g/mol. The van der Waals surface area contributed by atoms with Crippen LogP contribution in [0.1, 0.15) is 5.82 Å². The maximum absolute atomic E-state index is 13.8. The standard InChI is InChI=1S/C13H13BrFN3/c1-3-6-18-8(2)17-12(13(18)16)10-7-9(14)4-5-11(10)15/h3-5,7H,1,6,16H2,2H3. The van der Waals surface area contributed by atoms with Crippen molar-refractivity contribution in [1.82, 2.24) is 9.55 Å². The van der Waals surface area contributed by atoms with Gasteiger partial charge in [0.2, 0.25) is 0 Å². The van der Waals surface area contributed by atoms with E-state index >= 15 is 0 Å². The highest BCUT2D eigenvalue weighted by Crippen LogP contribution is 2.30. The number of hydrogen-bond donors (Lipinski definition) is 1. The number of benzene rings is 1. The molecule has 0 aliphatic carbocycles. The molecular formula is C13H13BrFN3. The van der Waals surface area contributed by atoms with Crippen LogP contribution in [-0.4, -0.2) is 9.55 Å². The van der Waals surface area contributed by atoms with Crippen LogP contribution in [0.3, 0.4) is 0 Å². The predicted octanol–water partition coefficient (Wildman–Crippen LogP) is 3.53. The lowest BCUT2D eigenvalue weighted by Crippen LogP contribution is -2.03. The lowest BCUT2D eigenvalue weighted by Gasteiger charge is -2.05. The van der Waals surface area contributed by atoms with E-state index in [2.05, 4.69) is 27.5 Å². The predicted molar refractivity (Wildman–Crippen MR) is 74.7 cm³/mol. The van der Waals surface area contributed by atoms with Gasteiger partial charge in [-0.1, -0.05) is 22.0 Å². The second kappa shape index (κ2) is 4.94. The number of nitrogens with two attached hydrogens (primary N) is 1. The molecule has 0 atom stereocenters. The Hall–Kier alpha value is -1.62. The molecule has 18 heavy (non-hydrogen) atoms. The van der Waals surface area contributed by atoms with Crippen molar-refractivity contribution >= 4 is 21.7 Å². The Kier molecular flexibility index (Phi) is 3.52. The zero-order valence-electron chi connectivity index (χ0n) is 9.95. The fourth-order valence-electron chi connectivity index (χ4n) is 1.82. The SMILES string of the molecule is C=CCn1c(C)nc(-c2cc(Br)ccc2F)c1N. The molecule has 0 unspecified atom stereocenters. The number of rotatable bonds is 3. The summed E-state index contributed by atoms with van der Waals surface area (Å²) in [5.74, 6) is 0.847. The van der Waals surface area contributed by atoms with E-state index in [-0.39, 0.29) is 5.82 Å². The van der Waals surface area contributed by atoms with Crippen LogP contribution in [0.2, 0.25) is 0 Å². The molecule has 0 aliphatic heterocycles. The van der Waals surface area contributed by atoms with Crippen molar-refractivity contribution in [3.05, 3.63) is 47.0 Å². The van der Waals surface area contributed by atoms with Gasteiger partial charge < -0.3 is 10.3 Å². The Morgan fingerprint density at radius 3 is 2.94 bits per heavy atom. The zero-order chi connectivity index (χ0) is 13.3. The van der Waals surface area contributed by atoms with Crippen molar-refractivity contribution in [2.75, 3.05) is 5.73 Å². The van der Waals surface area contributed by atoms with Gasteiger partial charge in [0.1, 0.15) is 23.2 Å². The minimum Gasteiger partial charge on any atom is -0.383 e. The van der Waals surface area contributed by atoms with Crippen molar-refractivity contribution in [1.29, 1.82) is 0 Å². The number of aryl methyl sites for hydroxylation is 1. The summed E-state index contributed by atoms with van der Waals surface area (Å²) in [5, 5.41) is 0. The second-order valence-electron chi connectivity index (χ2n) is 3.92. The van der Waals surface area contributed by atoms with Crippen LogP contribution in [0.5, 0.6) is 0 Å². The molecule has 0 fully saturated rings. The Morgan fingerprint density at radius 1 is 1.56 bits per heavy atom. The van der Waals surface area contributed by atoms with Crippen LogP contribution in [0, 0.1) is 12.7 Å². The molecule has 0 amide bonds. The minimum atomic E-state index is -0.340. The molecule has 94 valence electrons. The highest BCUT2D eigenvalue weighted by atomic mass is 79.9. The van der Waals surface area contributed by atoms with Crippen molar-refractivity contribution in [3.63, 3.8) is 0 Å². The number of anilines is 1. The van der Waals surface area contributed by atoms with Gasteiger partial charge in [0.25, 0.3) is 0 Å². The highest BCUT2D eigenvalue weighted by molar-refractivity contribution is 9.10. The minimum absolute atomic E-state index is 0.340. The average molecular weight is 310 g/mol. The molecule has 5 heteroatoms. The quantitative estimate of drug-likeness (QED) is 0.881. The Morgan fingerprint density at radius 2 is 2.28 bits per heavy atom. The fraction of sp³-hybridized carbons (Fsp3) is 0.154. The van der Waals surface area contributed by atoms with Gasteiger partial charge in [-0.15, -0.1) is 6.58 Å². The maximum atomic E-state index is 13.8. The van der Waals surface area contributed by atoms with Gasteiger partial charge in [-0.05, 0) is 25.1 Å². The summed E-state index contributed by atoms with van der Waals surface area (Å²) < 4.78 is 16.4. The van der Waals surface area contributed by atoms with Crippen LogP contribution in [0.4, 0.5) is 10.2 Å². The van der Waals surface area contributed by atoms with Crippen molar-refractivity contribution < 1.29 is 4.39 Å². The van der Waals surface area contributed by atoms with Crippen LogP contribution >= 0.6 is 15.9 Å². The van der Waals surface area contributed by atoms with Crippen molar-refractivity contribution in [3.8, 4) is 11.3 Å². The number of aromatic nitrogens is 2. The van der Waals surface area contributed by atoms with Crippen LogP contribution in [0.25, 0.3) is 11.3 Å². The number of hydrogen-bond acceptors (Lipinski definition) is 2. The average Bonchev–Trinajstić information content (AvgIpc) is 2.61. The summed E-state index contributed by atoms with van der Waals surface area (Å²) in [6.45, 7) is 6.05. The Bertz CT molecular complexity index is 605. The lowest BCUT2D eigenvalue weighted by molar-refractivity contribution is 0.630. The normalized spacial score (nSPS) is 10.6. The van der Waals surface area contributed by atoms with E-state index in [0.717, 1.165) is 10.3 Å². The highest BCUT2D eigenvalue weighted by Gasteiger charge is 2.16. The van der Waals surface area contributed by atoms with Gasteiger partial charge in [-0.2, -0.15) is 0 Å². The summed E-state index contributed by atoms with van der Waals surface area (Å²) in [6, 6.07) is 4.70. The number of imidazole rings is 1. The fourth-order valence-corrected chi connectivity index (χ4v) is 2.18. The van der Waals surface area contributed by atoms with Gasteiger partial charge in [-0.25, -0.2) is 9.37 Å². The van der Waals surface area contributed by atoms with E-state index in [1.165, 1.54) is 6.07 Å². The first kappa shape index (κ1) is 12.8. The van der Waals surface area contributed by atoms with Gasteiger partial charge >= 0.3 is 0 Å². The number of nitrogen functional groups attached to an aromatic ring is 1. The molecule has 0 spiro atoms. The van der Waals surface area contributed by atoms with E-state index in [4.69, 9.17) is 5.73 Å². The molecule has 1 aromatic heterocycles. The molecule has 2 N–H and O–H groups in total. The topological polar surface area (TPSA) is 43.8 Å². The largest absolute Gasteiger partial charge is 0.383 e. The summed E-state index contributed by atoms with van der Waals surface area (Å²) in [5.41, 5.74) is 6.87. The molecule has 3 nitrogen and oxygen atoms in total. The zero-order valence-corrected chi connectivity index (χ0v) is 11.5. The van der Waals surface area contributed by atoms with Gasteiger partial charge in [0.15, 0.2) is 0 Å². The van der Waals surface area contributed by atoms with Crippen molar-refractivity contribution in [2.24, 2.45) is 0 Å². The van der Waals surface area contributed by atoms with E-state index in [0.29, 0.717) is 23.6 Å². The molecule has 0 saturated heterocycles. The lowest BCUT2D eigenvalue weighted by atomic mass is 10.1. The summed E-state index contributed by atoms with van der Waals surface area (Å²) in [7, 11) is 0. The van der Waals surface area contributed by atoms with Crippen LogP contribution in [-0.2, 0) is 6.54 Å². The second-order valence-corrected chi connectivity index (χ2v) is 4.83. The monoisotopic (exact) mass is 309 g/mol. The molecule has 1 aromatic carbocycles. The summed E-state index contributed by atoms with van der Waals surface area (Å²) in [4.78, 5) is 4.33. The molecule has 2 rings (SSSR count). The third kappa shape index (κ3) is 2.18. The van der Waals surface area contributed by atoms with Crippen molar-refractivity contribution in [2.45, 2.75) is 13.5 Å². The van der Waals surface area contributed by atoms with E-state index < -0.39 is 0 Å². The molecule has 1 heterocycles. The molecule has 0 saturated carbocycles. The van der Waals surface area contributed by atoms with E-state index in [9.17, 15) is 4.39 Å². The Balaban J connectivity index is 2.61. The van der Waals surface area contributed by atoms with Gasteiger partial charge in [0.05, 0.1) is 0 Å². The summed E-state index contributed by atoms with van der Waals surface area (Å²) >= 11 is 3.32. The third-order valence-corrected chi connectivity index (χ3v) is 3.19. The number of allylic oxidation sites excluding steroid dienone is 1. The first-order valence-electron chi connectivity index (χ1n) is 5.43. The maximum Gasteiger partial charge on any atom is 0.132 e. The van der Waals surface area contributed by atoms with Crippen LogP contribution < -0.4 is 5.73 Å². The number of halogens is 2. The molecule has 0 bridgehead atoms. The molecule has 0 radical (unpaired) electrons. The first-order chi connectivity index (χ1) is 8.54. The van der Waals surface area contributed by atoms with Crippen LogP contribution in [0.15, 0.2) is 35.3 Å². The smallest absolute Gasteiger partial charge is 0.132 e. The molecule has 2 aromatic rings. The third-order valence-electron chi connectivity index (χ3n) is 2.69. The van der Waals surface area contributed by atoms with E-state index in [1.54, 1.807) is 22.8 Å². The van der Waals surface area contributed by atoms with Gasteiger partial charge in [-0.3, -0.25) is 0 Å². The van der Waals surface area contributed by atoms with E-state index in [1.807, 2.05) is 6.92 Å².